The molecule has 2 aromatic rings. The maximum Gasteiger partial charge on any atom is 0.243 e. The SMILES string of the molecule is CC1CCN(S(=O)(=O)c2ccc3c(c2)N(CC(=O)NCc2ccccc2)C(=O)C[C@@H](C)S3)CC1. The lowest BCUT2D eigenvalue weighted by Crippen LogP contribution is -2.41. The molecule has 2 aromatic carbocycles. The molecular formula is C25H31N3O4S2. The number of thioether (sulfide) groups is 1. The molecule has 0 aromatic heterocycles. The fourth-order valence-electron chi connectivity index (χ4n) is 4.26. The van der Waals surface area contributed by atoms with E-state index in [4.69, 9.17) is 0 Å². The minimum atomic E-state index is -3.67. The van der Waals surface area contributed by atoms with E-state index in [2.05, 4.69) is 12.2 Å². The summed E-state index contributed by atoms with van der Waals surface area (Å²) < 4.78 is 28.2. The highest BCUT2D eigenvalue weighted by atomic mass is 32.2. The average molecular weight is 502 g/mol. The second kappa shape index (κ2) is 10.5. The molecule has 0 bridgehead atoms. The van der Waals surface area contributed by atoms with Gasteiger partial charge in [0.2, 0.25) is 21.8 Å². The van der Waals surface area contributed by atoms with Gasteiger partial charge in [0.05, 0.1) is 10.6 Å². The Kier molecular flexibility index (Phi) is 7.64. The van der Waals surface area contributed by atoms with Crippen LogP contribution >= 0.6 is 11.8 Å². The van der Waals surface area contributed by atoms with E-state index in [1.807, 2.05) is 37.3 Å². The van der Waals surface area contributed by atoms with Crippen molar-refractivity contribution in [1.29, 1.82) is 0 Å². The molecule has 1 fully saturated rings. The van der Waals surface area contributed by atoms with E-state index in [9.17, 15) is 18.0 Å². The van der Waals surface area contributed by atoms with E-state index >= 15 is 0 Å². The van der Waals surface area contributed by atoms with Gasteiger partial charge in [0, 0.05) is 36.2 Å². The van der Waals surface area contributed by atoms with Gasteiger partial charge in [0.1, 0.15) is 6.54 Å². The normalized spacial score (nSPS) is 20.0. The average Bonchev–Trinajstić information content (AvgIpc) is 2.93. The molecule has 2 aliphatic heterocycles. The summed E-state index contributed by atoms with van der Waals surface area (Å²) in [5, 5.41) is 2.89. The van der Waals surface area contributed by atoms with Crippen molar-refractivity contribution in [3.8, 4) is 0 Å². The first-order valence-electron chi connectivity index (χ1n) is 11.7. The predicted octanol–water partition coefficient (Wildman–Crippen LogP) is 3.64. The second-order valence-corrected chi connectivity index (χ2v) is 12.5. The molecule has 0 aliphatic carbocycles. The van der Waals surface area contributed by atoms with Crippen LogP contribution in [0.25, 0.3) is 0 Å². The van der Waals surface area contributed by atoms with Crippen molar-refractivity contribution in [3.05, 3.63) is 54.1 Å². The van der Waals surface area contributed by atoms with Crippen LogP contribution in [0.1, 0.15) is 38.7 Å². The number of anilines is 1. The topological polar surface area (TPSA) is 86.8 Å². The summed E-state index contributed by atoms with van der Waals surface area (Å²) in [6, 6.07) is 14.5. The van der Waals surface area contributed by atoms with Gasteiger partial charge in [-0.25, -0.2) is 8.42 Å². The maximum atomic E-state index is 13.3. The van der Waals surface area contributed by atoms with Gasteiger partial charge in [-0.2, -0.15) is 4.31 Å². The third-order valence-electron chi connectivity index (χ3n) is 6.33. The maximum absolute atomic E-state index is 13.3. The Morgan fingerprint density at radius 2 is 1.79 bits per heavy atom. The minimum Gasteiger partial charge on any atom is -0.350 e. The third kappa shape index (κ3) is 5.64. The molecule has 4 rings (SSSR count). The van der Waals surface area contributed by atoms with E-state index in [1.165, 1.54) is 21.0 Å². The van der Waals surface area contributed by atoms with Gasteiger partial charge in [0.25, 0.3) is 0 Å². The van der Waals surface area contributed by atoms with Gasteiger partial charge in [-0.1, -0.05) is 44.2 Å². The van der Waals surface area contributed by atoms with Crippen LogP contribution in [-0.2, 0) is 26.2 Å². The summed E-state index contributed by atoms with van der Waals surface area (Å²) in [5.41, 5.74) is 1.45. The zero-order chi connectivity index (χ0) is 24.3. The number of hydrogen-bond acceptors (Lipinski definition) is 5. The molecule has 2 heterocycles. The largest absolute Gasteiger partial charge is 0.350 e. The summed E-state index contributed by atoms with van der Waals surface area (Å²) >= 11 is 1.53. The Morgan fingerprint density at radius 3 is 2.50 bits per heavy atom. The van der Waals surface area contributed by atoms with Gasteiger partial charge >= 0.3 is 0 Å². The fraction of sp³-hybridized carbons (Fsp3) is 0.440. The monoisotopic (exact) mass is 501 g/mol. The van der Waals surface area contributed by atoms with Gasteiger partial charge < -0.3 is 10.2 Å². The van der Waals surface area contributed by atoms with E-state index in [0.29, 0.717) is 31.2 Å². The Bertz CT molecular complexity index is 1150. The lowest BCUT2D eigenvalue weighted by atomic mass is 10.0. The number of benzene rings is 2. The zero-order valence-corrected chi connectivity index (χ0v) is 21.2. The molecule has 182 valence electrons. The molecule has 0 saturated carbocycles. The molecule has 0 unspecified atom stereocenters. The number of amides is 2. The Balaban J connectivity index is 1.58. The summed E-state index contributed by atoms with van der Waals surface area (Å²) in [5.74, 6) is 0.0369. The first-order valence-corrected chi connectivity index (χ1v) is 14.0. The molecule has 34 heavy (non-hydrogen) atoms. The van der Waals surface area contributed by atoms with Gasteiger partial charge in [-0.15, -0.1) is 11.8 Å². The van der Waals surface area contributed by atoms with E-state index in [1.54, 1.807) is 18.2 Å². The lowest BCUT2D eigenvalue weighted by Gasteiger charge is -2.30. The Labute approximate surface area is 205 Å². The number of nitrogens with zero attached hydrogens (tertiary/aromatic N) is 2. The van der Waals surface area contributed by atoms with Crippen molar-refractivity contribution in [2.75, 3.05) is 24.5 Å². The molecule has 0 radical (unpaired) electrons. The molecule has 9 heteroatoms. The third-order valence-corrected chi connectivity index (χ3v) is 9.39. The van der Waals surface area contributed by atoms with Gasteiger partial charge in [0.15, 0.2) is 0 Å². The molecule has 7 nitrogen and oxygen atoms in total. The van der Waals surface area contributed by atoms with Crippen molar-refractivity contribution >= 4 is 39.3 Å². The number of carbonyl (C=O) groups excluding carboxylic acids is 2. The lowest BCUT2D eigenvalue weighted by molar-refractivity contribution is -0.123. The van der Waals surface area contributed by atoms with E-state index in [0.717, 1.165) is 23.3 Å². The molecular weight excluding hydrogens is 470 g/mol. The van der Waals surface area contributed by atoms with Crippen molar-refractivity contribution in [1.82, 2.24) is 9.62 Å². The second-order valence-electron chi connectivity index (χ2n) is 9.09. The van der Waals surface area contributed by atoms with Crippen LogP contribution in [0.2, 0.25) is 0 Å². The predicted molar refractivity (Wildman–Crippen MR) is 134 cm³/mol. The van der Waals surface area contributed by atoms with E-state index in [-0.39, 0.29) is 34.9 Å². The van der Waals surface area contributed by atoms with E-state index < -0.39 is 10.0 Å². The van der Waals surface area contributed by atoms with Gasteiger partial charge in [-0.05, 0) is 42.5 Å². The van der Waals surface area contributed by atoms with Crippen molar-refractivity contribution in [3.63, 3.8) is 0 Å². The highest BCUT2D eigenvalue weighted by Crippen LogP contribution is 2.39. The molecule has 1 N–H and O–H groups in total. The first kappa shape index (κ1) is 24.8. The van der Waals surface area contributed by atoms with Crippen molar-refractivity contribution in [2.24, 2.45) is 5.92 Å². The highest BCUT2D eigenvalue weighted by Gasteiger charge is 2.32. The summed E-state index contributed by atoms with van der Waals surface area (Å²) in [7, 11) is -3.67. The Morgan fingerprint density at radius 1 is 1.09 bits per heavy atom. The minimum absolute atomic E-state index is 0.0228. The van der Waals surface area contributed by atoms with Gasteiger partial charge in [-0.3, -0.25) is 9.59 Å². The number of sulfonamides is 1. The van der Waals surface area contributed by atoms with Crippen molar-refractivity contribution < 1.29 is 18.0 Å². The number of nitrogens with one attached hydrogen (secondary N) is 1. The quantitative estimate of drug-likeness (QED) is 0.653. The smallest absolute Gasteiger partial charge is 0.243 e. The zero-order valence-electron chi connectivity index (χ0n) is 19.6. The number of fused-ring (bicyclic) bond motifs is 1. The molecule has 2 aliphatic rings. The standard InChI is InChI=1S/C25H31N3O4S2/c1-18-10-12-27(13-11-18)34(31,32)21-8-9-23-22(15-21)28(25(30)14-19(2)33-23)17-24(29)26-16-20-6-4-3-5-7-20/h3-9,15,18-19H,10-14,16-17H2,1-2H3,(H,26,29)/t19-/m1/s1. The Hall–Kier alpha value is -2.36. The summed E-state index contributed by atoms with van der Waals surface area (Å²) in [6.07, 6.45) is 1.95. The summed E-state index contributed by atoms with van der Waals surface area (Å²) in [4.78, 5) is 28.2. The van der Waals surface area contributed by atoms with Crippen LogP contribution in [0.15, 0.2) is 58.3 Å². The molecule has 0 spiro atoms. The highest BCUT2D eigenvalue weighted by molar-refractivity contribution is 8.00. The molecule has 1 atom stereocenters. The van der Waals surface area contributed by atoms with Crippen molar-refractivity contribution in [2.45, 2.75) is 54.7 Å². The first-order chi connectivity index (χ1) is 16.2. The van der Waals surface area contributed by atoms with Crippen LogP contribution in [0, 0.1) is 5.92 Å². The van der Waals surface area contributed by atoms with Crippen LogP contribution in [0.4, 0.5) is 5.69 Å². The van der Waals surface area contributed by atoms with Crippen LogP contribution in [0.3, 0.4) is 0 Å². The number of piperidine rings is 1. The van der Waals surface area contributed by atoms with Crippen LogP contribution in [0.5, 0.6) is 0 Å². The van der Waals surface area contributed by atoms with Crippen LogP contribution < -0.4 is 10.2 Å². The molecule has 2 amide bonds. The number of hydrogen-bond donors (Lipinski definition) is 1. The summed E-state index contributed by atoms with van der Waals surface area (Å²) in [6.45, 7) is 5.30. The fourth-order valence-corrected chi connectivity index (χ4v) is 6.85. The number of carbonyl (C=O) groups is 2. The molecule has 1 saturated heterocycles. The van der Waals surface area contributed by atoms with Crippen LogP contribution in [-0.4, -0.2) is 49.4 Å². The number of rotatable bonds is 6.